The fourth-order valence-electron chi connectivity index (χ4n) is 4.90. The van der Waals surface area contributed by atoms with E-state index in [2.05, 4.69) is 103 Å². The highest BCUT2D eigenvalue weighted by Crippen LogP contribution is 2.41. The number of hydrogen-bond acceptors (Lipinski definition) is 2. The lowest BCUT2D eigenvalue weighted by atomic mass is 9.85. The number of nitriles is 1. The number of nitrogens with one attached hydrogen (secondary N) is 1. The Morgan fingerprint density at radius 3 is 2.24 bits per heavy atom. The van der Waals surface area contributed by atoms with Crippen LogP contribution in [0.3, 0.4) is 0 Å². The van der Waals surface area contributed by atoms with E-state index < -0.39 is 0 Å². The maximum absolute atomic E-state index is 8.60. The summed E-state index contributed by atoms with van der Waals surface area (Å²) in [6, 6.07) is 29.9. The highest BCUT2D eigenvalue weighted by Gasteiger charge is 2.23. The summed E-state index contributed by atoms with van der Waals surface area (Å²) in [6.07, 6.45) is 13.3. The third-order valence-corrected chi connectivity index (χ3v) is 6.88. The summed E-state index contributed by atoms with van der Waals surface area (Å²) in [5, 5.41) is 12.1. The van der Waals surface area contributed by atoms with Gasteiger partial charge in [-0.15, -0.1) is 0 Å². The summed E-state index contributed by atoms with van der Waals surface area (Å²) in [6.45, 7) is 8.77. The van der Waals surface area contributed by atoms with Crippen LogP contribution >= 0.6 is 0 Å². The van der Waals surface area contributed by atoms with Gasteiger partial charge >= 0.3 is 0 Å². The van der Waals surface area contributed by atoms with Crippen LogP contribution in [-0.2, 0) is 6.42 Å². The summed E-state index contributed by atoms with van der Waals surface area (Å²) >= 11 is 0. The zero-order valence-corrected chi connectivity index (χ0v) is 21.7. The summed E-state index contributed by atoms with van der Waals surface area (Å²) in [5.41, 5.74) is 9.96. The van der Waals surface area contributed by atoms with Crippen LogP contribution < -0.4 is 5.32 Å². The molecule has 0 saturated heterocycles. The van der Waals surface area contributed by atoms with E-state index in [1.807, 2.05) is 12.1 Å². The van der Waals surface area contributed by atoms with E-state index in [1.165, 1.54) is 43.2 Å². The summed E-state index contributed by atoms with van der Waals surface area (Å²) in [4.78, 5) is 0. The molecule has 0 bridgehead atoms. The molecule has 0 fully saturated rings. The van der Waals surface area contributed by atoms with Crippen molar-refractivity contribution in [3.63, 3.8) is 0 Å². The molecule has 0 atom stereocenters. The smallest absolute Gasteiger partial charge is 0.0621 e. The molecule has 4 rings (SSSR count). The zero-order valence-electron chi connectivity index (χ0n) is 21.7. The van der Waals surface area contributed by atoms with Crippen LogP contribution in [0.15, 0.2) is 115 Å². The van der Waals surface area contributed by atoms with Crippen molar-refractivity contribution < 1.29 is 0 Å². The van der Waals surface area contributed by atoms with Crippen LogP contribution in [0.1, 0.15) is 67.2 Å². The number of nitrogens with zero attached hydrogens (tertiary/aromatic N) is 1. The van der Waals surface area contributed by atoms with Gasteiger partial charge in [-0.3, -0.25) is 0 Å². The monoisotopic (exact) mass is 484 g/mol. The van der Waals surface area contributed by atoms with Crippen molar-refractivity contribution in [2.24, 2.45) is 0 Å². The maximum atomic E-state index is 8.60. The predicted molar refractivity (Wildman–Crippen MR) is 158 cm³/mol. The van der Waals surface area contributed by atoms with Crippen molar-refractivity contribution in [3.8, 4) is 6.07 Å². The van der Waals surface area contributed by atoms with Crippen molar-refractivity contribution in [3.05, 3.63) is 137 Å². The van der Waals surface area contributed by atoms with Gasteiger partial charge in [-0.25, -0.2) is 0 Å². The Kier molecular flexibility index (Phi) is 9.33. The Balaban J connectivity index is 1.42. The summed E-state index contributed by atoms with van der Waals surface area (Å²) < 4.78 is 0. The molecular weight excluding hydrogens is 448 g/mol. The number of unbranched alkanes of at least 4 members (excludes halogenated alkanes) is 6. The molecule has 2 nitrogen and oxygen atoms in total. The van der Waals surface area contributed by atoms with Crippen molar-refractivity contribution in [1.29, 1.82) is 5.26 Å². The first-order valence-electron chi connectivity index (χ1n) is 13.4. The second kappa shape index (κ2) is 13.3. The first-order chi connectivity index (χ1) is 18.2. The molecule has 37 heavy (non-hydrogen) atoms. The van der Waals surface area contributed by atoms with E-state index in [0.717, 1.165) is 52.1 Å². The van der Waals surface area contributed by atoms with E-state index in [0.29, 0.717) is 6.42 Å². The molecule has 3 aromatic carbocycles. The van der Waals surface area contributed by atoms with E-state index in [-0.39, 0.29) is 0 Å². The lowest BCUT2D eigenvalue weighted by Crippen LogP contribution is -2.13. The Labute approximate surface area is 222 Å². The number of benzene rings is 3. The molecule has 0 aliphatic carbocycles. The molecule has 3 aromatic rings. The van der Waals surface area contributed by atoms with Crippen LogP contribution in [0.25, 0.3) is 11.6 Å². The second-order valence-corrected chi connectivity index (χ2v) is 9.64. The minimum absolute atomic E-state index is 0.694. The van der Waals surface area contributed by atoms with Gasteiger partial charge in [0.2, 0.25) is 0 Å². The number of rotatable bonds is 12. The Hall–Kier alpha value is -4.09. The van der Waals surface area contributed by atoms with Gasteiger partial charge in [-0.2, -0.15) is 5.26 Å². The standard InChI is InChI=1S/C35H36N2/c1-27(20-21-30-24-22-29(23-25-30)15-9-6-4-3-5-7-14-26-36)34-28(2)37-33-19-13-12-18-32(33)35(34)31-16-10-8-11-17-31/h8,10-13,16-25,37H,1-7,9,14-15H2/b21-20+. The van der Waals surface area contributed by atoms with Crippen LogP contribution in [-0.4, -0.2) is 0 Å². The average molecular weight is 485 g/mol. The number of hydrogen-bond donors (Lipinski definition) is 1. The normalized spacial score (nSPS) is 12.8. The van der Waals surface area contributed by atoms with Gasteiger partial charge in [0.1, 0.15) is 0 Å². The summed E-state index contributed by atoms with van der Waals surface area (Å²) in [5.74, 6) is 0. The molecule has 0 aromatic heterocycles. The van der Waals surface area contributed by atoms with Crippen LogP contribution in [0, 0.1) is 11.3 Å². The number of fused-ring (bicyclic) bond motifs is 1. The molecule has 0 radical (unpaired) electrons. The van der Waals surface area contributed by atoms with E-state index in [4.69, 9.17) is 5.26 Å². The molecule has 0 saturated carbocycles. The van der Waals surface area contributed by atoms with Crippen molar-refractivity contribution >= 4 is 17.3 Å². The van der Waals surface area contributed by atoms with Gasteiger partial charge in [0.15, 0.2) is 0 Å². The van der Waals surface area contributed by atoms with Crippen LogP contribution in [0.2, 0.25) is 0 Å². The molecular formula is C35H36N2. The SMILES string of the molecule is C=C(/C=C/c1ccc(CCCCCCCCC#N)cc1)C1=C(c2ccccc2)c2ccccc2NC1=C. The minimum Gasteiger partial charge on any atom is -0.355 e. The topological polar surface area (TPSA) is 35.8 Å². The highest BCUT2D eigenvalue weighted by atomic mass is 14.9. The van der Waals surface area contributed by atoms with Crippen molar-refractivity contribution in [2.75, 3.05) is 5.32 Å². The van der Waals surface area contributed by atoms with Crippen LogP contribution in [0.5, 0.6) is 0 Å². The van der Waals surface area contributed by atoms with Gasteiger partial charge in [0.25, 0.3) is 0 Å². The van der Waals surface area contributed by atoms with E-state index in [1.54, 1.807) is 0 Å². The largest absolute Gasteiger partial charge is 0.355 e. The second-order valence-electron chi connectivity index (χ2n) is 9.64. The van der Waals surface area contributed by atoms with Gasteiger partial charge < -0.3 is 5.32 Å². The lowest BCUT2D eigenvalue weighted by Gasteiger charge is -2.27. The average Bonchev–Trinajstić information content (AvgIpc) is 2.93. The number of anilines is 1. The fourth-order valence-corrected chi connectivity index (χ4v) is 4.90. The molecule has 1 aliphatic heterocycles. The molecule has 0 amide bonds. The number of aryl methyl sites for hydroxylation is 1. The van der Waals surface area contributed by atoms with Gasteiger partial charge in [-0.1, -0.05) is 124 Å². The quantitative estimate of drug-likeness (QED) is 0.205. The van der Waals surface area contributed by atoms with E-state index in [9.17, 15) is 0 Å². The molecule has 1 N–H and O–H groups in total. The molecule has 186 valence electrons. The molecule has 1 heterocycles. The molecule has 2 heteroatoms. The van der Waals surface area contributed by atoms with Crippen molar-refractivity contribution in [2.45, 2.75) is 51.4 Å². The Bertz CT molecular complexity index is 1320. The van der Waals surface area contributed by atoms with E-state index >= 15 is 0 Å². The van der Waals surface area contributed by atoms with Gasteiger partial charge in [0, 0.05) is 34.5 Å². The van der Waals surface area contributed by atoms with Gasteiger partial charge in [0.05, 0.1) is 6.07 Å². The Morgan fingerprint density at radius 1 is 0.811 bits per heavy atom. The fraction of sp³-hybridized carbons (Fsp3) is 0.229. The molecule has 0 unspecified atom stereocenters. The van der Waals surface area contributed by atoms with Crippen LogP contribution in [0.4, 0.5) is 5.69 Å². The first kappa shape index (κ1) is 26.0. The number of para-hydroxylation sites is 1. The molecule has 0 spiro atoms. The third-order valence-electron chi connectivity index (χ3n) is 6.88. The van der Waals surface area contributed by atoms with Crippen molar-refractivity contribution in [1.82, 2.24) is 0 Å². The molecule has 1 aliphatic rings. The van der Waals surface area contributed by atoms with Gasteiger partial charge in [-0.05, 0) is 47.6 Å². The summed E-state index contributed by atoms with van der Waals surface area (Å²) in [7, 11) is 0. The number of allylic oxidation sites excluding steroid dienone is 2. The third kappa shape index (κ3) is 6.99. The zero-order chi connectivity index (χ0) is 25.9. The highest BCUT2D eigenvalue weighted by molar-refractivity contribution is 5.96. The minimum atomic E-state index is 0.694. The predicted octanol–water partition coefficient (Wildman–Crippen LogP) is 9.49. The maximum Gasteiger partial charge on any atom is 0.0621 e. The Morgan fingerprint density at radius 2 is 1.49 bits per heavy atom. The lowest BCUT2D eigenvalue weighted by molar-refractivity contribution is 0.598. The first-order valence-corrected chi connectivity index (χ1v) is 13.4.